The fourth-order valence-corrected chi connectivity index (χ4v) is 7.23. The molecule has 3 aliphatic rings. The molecule has 0 aliphatic heterocycles. The fourth-order valence-electron chi connectivity index (χ4n) is 7.23. The Morgan fingerprint density at radius 3 is 2.51 bits per heavy atom. The maximum atomic E-state index is 15.0. The highest BCUT2D eigenvalue weighted by Crippen LogP contribution is 2.69. The maximum Gasteiger partial charge on any atom is 0.310 e. The minimum Gasteiger partial charge on any atom is -0.489 e. The lowest BCUT2D eigenvalue weighted by Gasteiger charge is -2.29. The Balaban J connectivity index is 1.32. The van der Waals surface area contributed by atoms with Crippen LogP contribution >= 0.6 is 0 Å². The molecule has 39 heavy (non-hydrogen) atoms. The van der Waals surface area contributed by atoms with Crippen molar-refractivity contribution in [1.82, 2.24) is 0 Å². The Morgan fingerprint density at radius 2 is 1.79 bits per heavy atom. The van der Waals surface area contributed by atoms with E-state index in [-0.39, 0.29) is 16.6 Å². The Kier molecular flexibility index (Phi) is 6.02. The number of benzene rings is 3. The molecular weight excluding hydrogens is 487 g/mol. The first-order valence-corrected chi connectivity index (χ1v) is 14.1. The van der Waals surface area contributed by atoms with Crippen molar-refractivity contribution in [2.24, 2.45) is 10.8 Å². The van der Waals surface area contributed by atoms with Gasteiger partial charge in [-0.05, 0) is 122 Å². The molecule has 3 nitrogen and oxygen atoms in total. The summed E-state index contributed by atoms with van der Waals surface area (Å²) in [5, 5.41) is 9.91. The van der Waals surface area contributed by atoms with Crippen LogP contribution in [0.3, 0.4) is 0 Å². The maximum absolute atomic E-state index is 15.0. The van der Waals surface area contributed by atoms with Crippen LogP contribution in [0.5, 0.6) is 5.75 Å². The van der Waals surface area contributed by atoms with Crippen LogP contribution in [0.1, 0.15) is 80.7 Å². The molecule has 1 saturated carbocycles. The lowest BCUT2D eigenvalue weighted by atomic mass is 9.75. The summed E-state index contributed by atoms with van der Waals surface area (Å²) in [6.45, 7) is 8.79. The Morgan fingerprint density at radius 1 is 0.974 bits per heavy atom. The van der Waals surface area contributed by atoms with E-state index in [4.69, 9.17) is 4.74 Å². The fraction of sp³-hybridized carbons (Fsp3) is 0.400. The molecular formula is C35H37FO3. The number of carbonyl (C=O) groups is 1. The number of allylic oxidation sites excluding steroid dienone is 2. The predicted molar refractivity (Wildman–Crippen MR) is 153 cm³/mol. The standard InChI is InChI=1S/C35H37FO3/c1-22-9-14-31(36)28(17-22)26-13-10-23(18-27(26)29-8-6-15-33(29,2)3)20-39-25-12-11-24-7-5-16-35(30(24)19-25)21-34(35,4)32(37)38/h8-14,17-19H,5-7,15-16,20-21H2,1-4H3,(H,37,38)/t34-,35-/m0/s1. The van der Waals surface area contributed by atoms with Crippen molar-refractivity contribution in [2.75, 3.05) is 0 Å². The number of carboxylic acid groups (broad SMARTS) is 1. The molecule has 1 N–H and O–H groups in total. The number of hydrogen-bond acceptors (Lipinski definition) is 2. The minimum atomic E-state index is -0.705. The van der Waals surface area contributed by atoms with Gasteiger partial charge in [-0.1, -0.05) is 49.8 Å². The van der Waals surface area contributed by atoms with E-state index in [2.05, 4.69) is 38.1 Å². The van der Waals surface area contributed by atoms with E-state index in [0.717, 1.165) is 65.7 Å². The number of fused-ring (bicyclic) bond motifs is 2. The van der Waals surface area contributed by atoms with Gasteiger partial charge in [-0.2, -0.15) is 0 Å². The molecule has 3 aromatic rings. The third kappa shape index (κ3) is 4.20. The summed E-state index contributed by atoms with van der Waals surface area (Å²) in [7, 11) is 0. The summed E-state index contributed by atoms with van der Waals surface area (Å²) in [5.74, 6) is -0.146. The molecule has 0 radical (unpaired) electrons. The van der Waals surface area contributed by atoms with Crippen molar-refractivity contribution < 1.29 is 19.0 Å². The molecule has 0 bridgehead atoms. The van der Waals surface area contributed by atoms with Gasteiger partial charge in [0.2, 0.25) is 0 Å². The van der Waals surface area contributed by atoms with Crippen molar-refractivity contribution in [3.63, 3.8) is 0 Å². The lowest BCUT2D eigenvalue weighted by Crippen LogP contribution is -2.27. The van der Waals surface area contributed by atoms with E-state index in [9.17, 15) is 9.90 Å². The highest BCUT2D eigenvalue weighted by molar-refractivity contribution is 5.85. The van der Waals surface area contributed by atoms with Gasteiger partial charge in [-0.25, -0.2) is 4.39 Å². The Labute approximate surface area is 230 Å². The summed E-state index contributed by atoms with van der Waals surface area (Å²) < 4.78 is 21.3. The van der Waals surface area contributed by atoms with Gasteiger partial charge in [0.25, 0.3) is 0 Å². The largest absolute Gasteiger partial charge is 0.489 e. The predicted octanol–water partition coefficient (Wildman–Crippen LogP) is 8.65. The molecule has 3 aliphatic carbocycles. The van der Waals surface area contributed by atoms with Crippen molar-refractivity contribution in [3.8, 4) is 16.9 Å². The quantitative estimate of drug-likeness (QED) is 0.351. The topological polar surface area (TPSA) is 46.5 Å². The summed E-state index contributed by atoms with van der Waals surface area (Å²) >= 11 is 0. The number of aryl methyl sites for hydroxylation is 2. The van der Waals surface area contributed by atoms with Crippen molar-refractivity contribution in [2.45, 2.75) is 78.2 Å². The zero-order valence-electron chi connectivity index (χ0n) is 23.4. The molecule has 0 saturated heterocycles. The second kappa shape index (κ2) is 9.08. The van der Waals surface area contributed by atoms with Crippen LogP contribution in [0.25, 0.3) is 16.7 Å². The molecule has 0 unspecified atom stereocenters. The van der Waals surface area contributed by atoms with Crippen LogP contribution in [0.4, 0.5) is 4.39 Å². The number of carboxylic acids is 1. The minimum absolute atomic E-state index is 0.0163. The highest BCUT2D eigenvalue weighted by Gasteiger charge is 2.70. The van der Waals surface area contributed by atoms with Crippen LogP contribution in [-0.2, 0) is 23.2 Å². The van der Waals surface area contributed by atoms with Gasteiger partial charge in [0.15, 0.2) is 0 Å². The first-order valence-electron chi connectivity index (χ1n) is 14.1. The molecule has 0 amide bonds. The van der Waals surface area contributed by atoms with Gasteiger partial charge >= 0.3 is 5.97 Å². The molecule has 0 aromatic heterocycles. The van der Waals surface area contributed by atoms with Crippen LogP contribution < -0.4 is 4.74 Å². The van der Waals surface area contributed by atoms with Crippen LogP contribution in [0, 0.1) is 23.6 Å². The number of rotatable bonds is 6. The van der Waals surface area contributed by atoms with Gasteiger partial charge in [0.05, 0.1) is 5.41 Å². The number of ether oxygens (including phenoxy) is 1. The summed E-state index contributed by atoms with van der Waals surface area (Å²) in [5.41, 5.74) is 7.38. The zero-order chi connectivity index (χ0) is 27.6. The Bertz CT molecular complexity index is 1520. The zero-order valence-corrected chi connectivity index (χ0v) is 23.4. The van der Waals surface area contributed by atoms with E-state index in [1.807, 2.05) is 44.2 Å². The smallest absolute Gasteiger partial charge is 0.310 e. The second-order valence-electron chi connectivity index (χ2n) is 12.8. The molecule has 1 fully saturated rings. The van der Waals surface area contributed by atoms with E-state index < -0.39 is 11.4 Å². The van der Waals surface area contributed by atoms with Crippen LogP contribution in [0.15, 0.2) is 60.7 Å². The lowest BCUT2D eigenvalue weighted by molar-refractivity contribution is -0.143. The summed E-state index contributed by atoms with van der Waals surface area (Å²) in [6, 6.07) is 17.7. The average molecular weight is 525 g/mol. The van der Waals surface area contributed by atoms with Crippen LogP contribution in [0.2, 0.25) is 0 Å². The van der Waals surface area contributed by atoms with E-state index in [0.29, 0.717) is 18.6 Å². The molecule has 6 rings (SSSR count). The van der Waals surface area contributed by atoms with Gasteiger partial charge in [0.1, 0.15) is 18.2 Å². The molecule has 202 valence electrons. The van der Waals surface area contributed by atoms with Crippen LogP contribution in [-0.4, -0.2) is 11.1 Å². The number of aliphatic carboxylic acids is 1. The van der Waals surface area contributed by atoms with Gasteiger partial charge in [-0.3, -0.25) is 4.79 Å². The van der Waals surface area contributed by atoms with Crippen molar-refractivity contribution in [1.29, 1.82) is 0 Å². The number of halogens is 1. The molecule has 0 heterocycles. The highest BCUT2D eigenvalue weighted by atomic mass is 19.1. The summed E-state index contributed by atoms with van der Waals surface area (Å²) in [4.78, 5) is 12.1. The molecule has 1 spiro atoms. The van der Waals surface area contributed by atoms with Crippen molar-refractivity contribution >= 4 is 11.5 Å². The molecule has 4 heteroatoms. The summed E-state index contributed by atoms with van der Waals surface area (Å²) in [6.07, 6.45) is 8.01. The average Bonchev–Trinajstić information content (AvgIpc) is 3.35. The SMILES string of the molecule is Cc1ccc(F)c(-c2ccc(COc3ccc4c(c3)[C@]3(CCC4)C[C@@]3(C)C(=O)O)cc2C2=CCCC2(C)C)c1. The van der Waals surface area contributed by atoms with E-state index in [1.165, 1.54) is 11.1 Å². The normalized spacial score (nSPS) is 24.8. The first kappa shape index (κ1) is 25.9. The second-order valence-corrected chi connectivity index (χ2v) is 12.8. The van der Waals surface area contributed by atoms with Gasteiger partial charge in [0, 0.05) is 11.0 Å². The number of hydrogen-bond donors (Lipinski definition) is 1. The van der Waals surface area contributed by atoms with Gasteiger partial charge < -0.3 is 9.84 Å². The monoisotopic (exact) mass is 524 g/mol. The Hall–Kier alpha value is -3.40. The molecule has 2 atom stereocenters. The third-order valence-electron chi connectivity index (χ3n) is 9.74. The first-order chi connectivity index (χ1) is 18.5. The van der Waals surface area contributed by atoms with Gasteiger partial charge in [-0.15, -0.1) is 0 Å². The molecule has 3 aromatic carbocycles. The van der Waals surface area contributed by atoms with E-state index in [1.54, 1.807) is 6.07 Å². The van der Waals surface area contributed by atoms with Crippen molar-refractivity contribution in [3.05, 3.63) is 94.3 Å². The third-order valence-corrected chi connectivity index (χ3v) is 9.74. The van der Waals surface area contributed by atoms with E-state index >= 15 is 4.39 Å².